The van der Waals surface area contributed by atoms with Gasteiger partial charge in [0, 0.05) is 18.8 Å². The molecule has 0 radical (unpaired) electrons. The zero-order chi connectivity index (χ0) is 22.5. The summed E-state index contributed by atoms with van der Waals surface area (Å²) in [5.74, 6) is 0.0903. The van der Waals surface area contributed by atoms with E-state index in [-0.39, 0.29) is 36.1 Å². The van der Waals surface area contributed by atoms with Gasteiger partial charge in [-0.3, -0.25) is 9.59 Å². The van der Waals surface area contributed by atoms with E-state index < -0.39 is 0 Å². The van der Waals surface area contributed by atoms with E-state index >= 15 is 0 Å². The highest BCUT2D eigenvalue weighted by Gasteiger charge is 2.32. The van der Waals surface area contributed by atoms with Crippen LogP contribution in [-0.2, 0) is 11.2 Å². The van der Waals surface area contributed by atoms with Crippen molar-refractivity contribution in [2.45, 2.75) is 76.8 Å². The highest BCUT2D eigenvalue weighted by Crippen LogP contribution is 2.32. The molecule has 2 heterocycles. The number of amides is 2. The Balaban J connectivity index is 1.56. The number of halogens is 1. The van der Waals surface area contributed by atoms with Crippen LogP contribution in [-0.4, -0.2) is 39.3 Å². The molecule has 1 aliphatic heterocycles. The Labute approximate surface area is 188 Å². The van der Waals surface area contributed by atoms with Crippen LogP contribution in [0.1, 0.15) is 84.8 Å². The van der Waals surface area contributed by atoms with E-state index in [9.17, 15) is 14.0 Å². The van der Waals surface area contributed by atoms with Gasteiger partial charge >= 0.3 is 0 Å². The molecule has 1 saturated heterocycles. The van der Waals surface area contributed by atoms with Crippen molar-refractivity contribution in [3.8, 4) is 0 Å². The zero-order valence-electron chi connectivity index (χ0n) is 18.6. The third-order valence-electron chi connectivity index (χ3n) is 6.53. The Bertz CT molecular complexity index is 957. The number of carbonyl (C=O) groups excluding carboxylic acids is 2. The fourth-order valence-electron chi connectivity index (χ4n) is 4.82. The van der Waals surface area contributed by atoms with Gasteiger partial charge < -0.3 is 10.2 Å². The molecule has 1 atom stereocenters. The largest absolute Gasteiger partial charge is 0.349 e. The average molecular weight is 439 g/mol. The van der Waals surface area contributed by atoms with Crippen molar-refractivity contribution in [1.82, 2.24) is 20.2 Å². The van der Waals surface area contributed by atoms with Gasteiger partial charge in [0.2, 0.25) is 5.91 Å². The fraction of sp³-hybridized carbons (Fsp3) is 0.520. The standard InChI is InChI=1S/C25H31FN4O2/c1-17-27-16-21(25(32)29-20-7-3-2-4-8-20)24(28-17)22-9-5-6-14-30(22)23(31)15-18-10-12-19(26)13-11-18/h10-13,16,20,22H,2-9,14-15H2,1H3,(H,29,32)/t22-/m0/s1. The van der Waals surface area contributed by atoms with Crippen molar-refractivity contribution in [3.05, 3.63) is 58.9 Å². The lowest BCUT2D eigenvalue weighted by Gasteiger charge is -2.36. The van der Waals surface area contributed by atoms with Crippen LogP contribution in [0.4, 0.5) is 4.39 Å². The van der Waals surface area contributed by atoms with Crippen LogP contribution >= 0.6 is 0 Å². The van der Waals surface area contributed by atoms with E-state index in [1.54, 1.807) is 25.3 Å². The smallest absolute Gasteiger partial charge is 0.255 e. The average Bonchev–Trinajstić information content (AvgIpc) is 2.81. The predicted molar refractivity (Wildman–Crippen MR) is 120 cm³/mol. The Kier molecular flexibility index (Phi) is 7.12. The van der Waals surface area contributed by atoms with Crippen LogP contribution in [0.2, 0.25) is 0 Å². The number of hydrogen-bond donors (Lipinski definition) is 1. The van der Waals surface area contributed by atoms with E-state index in [0.717, 1.165) is 50.5 Å². The van der Waals surface area contributed by atoms with Crippen LogP contribution in [0, 0.1) is 12.7 Å². The number of rotatable bonds is 5. The minimum atomic E-state index is -0.317. The number of nitrogens with one attached hydrogen (secondary N) is 1. The second kappa shape index (κ2) is 10.2. The quantitative estimate of drug-likeness (QED) is 0.756. The molecule has 1 saturated carbocycles. The lowest BCUT2D eigenvalue weighted by atomic mass is 9.93. The number of likely N-dealkylation sites (tertiary alicyclic amines) is 1. The summed E-state index contributed by atoms with van der Waals surface area (Å²) in [5, 5.41) is 3.17. The molecule has 1 N–H and O–H groups in total. The second-order valence-electron chi connectivity index (χ2n) is 8.93. The normalized spacial score (nSPS) is 19.6. The number of aryl methyl sites for hydroxylation is 1. The first-order chi connectivity index (χ1) is 15.5. The summed E-state index contributed by atoms with van der Waals surface area (Å²) >= 11 is 0. The maximum atomic E-state index is 13.2. The van der Waals surface area contributed by atoms with E-state index in [4.69, 9.17) is 0 Å². The molecule has 1 aromatic carbocycles. The molecular formula is C25H31FN4O2. The maximum Gasteiger partial charge on any atom is 0.255 e. The van der Waals surface area contributed by atoms with Gasteiger partial charge in [0.05, 0.1) is 23.7 Å². The summed E-state index contributed by atoms with van der Waals surface area (Å²) in [7, 11) is 0. The number of hydrogen-bond acceptors (Lipinski definition) is 4. The highest BCUT2D eigenvalue weighted by molar-refractivity contribution is 5.95. The van der Waals surface area contributed by atoms with Crippen LogP contribution in [0.3, 0.4) is 0 Å². The minimum absolute atomic E-state index is 0.0313. The van der Waals surface area contributed by atoms with Gasteiger partial charge in [-0.15, -0.1) is 0 Å². The first kappa shape index (κ1) is 22.4. The molecule has 2 aliphatic rings. The molecule has 0 spiro atoms. The molecule has 0 bridgehead atoms. The first-order valence-electron chi connectivity index (χ1n) is 11.7. The van der Waals surface area contributed by atoms with E-state index in [1.807, 2.05) is 4.90 Å². The summed E-state index contributed by atoms with van der Waals surface area (Å²) in [5.41, 5.74) is 1.88. The van der Waals surface area contributed by atoms with Crippen LogP contribution < -0.4 is 5.32 Å². The van der Waals surface area contributed by atoms with E-state index in [2.05, 4.69) is 15.3 Å². The van der Waals surface area contributed by atoms with Crippen LogP contribution in [0.5, 0.6) is 0 Å². The lowest BCUT2D eigenvalue weighted by Crippen LogP contribution is -2.42. The summed E-state index contributed by atoms with van der Waals surface area (Å²) in [6.07, 6.45) is 9.94. The van der Waals surface area contributed by atoms with Crippen molar-refractivity contribution >= 4 is 11.8 Å². The summed E-state index contributed by atoms with van der Waals surface area (Å²) in [6, 6.07) is 5.96. The molecule has 7 heteroatoms. The first-order valence-corrected chi connectivity index (χ1v) is 11.7. The van der Waals surface area contributed by atoms with Gasteiger partial charge in [-0.1, -0.05) is 31.4 Å². The van der Waals surface area contributed by atoms with Crippen molar-refractivity contribution in [2.24, 2.45) is 0 Å². The number of piperidine rings is 1. The molecule has 1 aliphatic carbocycles. The van der Waals surface area contributed by atoms with Gasteiger partial charge in [-0.2, -0.15) is 0 Å². The predicted octanol–water partition coefficient (Wildman–Crippen LogP) is 4.28. The van der Waals surface area contributed by atoms with Crippen molar-refractivity contribution < 1.29 is 14.0 Å². The van der Waals surface area contributed by atoms with Crippen molar-refractivity contribution in [3.63, 3.8) is 0 Å². The molecule has 0 unspecified atom stereocenters. The molecular weight excluding hydrogens is 407 g/mol. The second-order valence-corrected chi connectivity index (χ2v) is 8.93. The molecule has 2 amide bonds. The van der Waals surface area contributed by atoms with E-state index in [1.165, 1.54) is 18.6 Å². The monoisotopic (exact) mass is 438 g/mol. The topological polar surface area (TPSA) is 75.2 Å². The highest BCUT2D eigenvalue weighted by atomic mass is 19.1. The van der Waals surface area contributed by atoms with Gasteiger partial charge in [-0.05, 0) is 56.7 Å². The molecule has 2 aromatic rings. The molecule has 2 fully saturated rings. The van der Waals surface area contributed by atoms with Gasteiger partial charge in [0.25, 0.3) is 5.91 Å². The molecule has 1 aromatic heterocycles. The molecule has 6 nitrogen and oxygen atoms in total. The Morgan fingerprint density at radius 3 is 2.53 bits per heavy atom. The zero-order valence-corrected chi connectivity index (χ0v) is 18.6. The SMILES string of the molecule is Cc1ncc(C(=O)NC2CCCCC2)c([C@@H]2CCCCN2C(=O)Cc2ccc(F)cc2)n1. The van der Waals surface area contributed by atoms with Crippen LogP contribution in [0.15, 0.2) is 30.5 Å². The Morgan fingerprint density at radius 2 is 1.78 bits per heavy atom. The lowest BCUT2D eigenvalue weighted by molar-refractivity contribution is -0.134. The summed E-state index contributed by atoms with van der Waals surface area (Å²) in [6.45, 7) is 2.43. The maximum absolute atomic E-state index is 13.2. The Morgan fingerprint density at radius 1 is 1.06 bits per heavy atom. The van der Waals surface area contributed by atoms with Gasteiger partial charge in [-0.25, -0.2) is 14.4 Å². The molecule has 170 valence electrons. The number of carbonyl (C=O) groups is 2. The number of aromatic nitrogens is 2. The van der Waals surface area contributed by atoms with Crippen molar-refractivity contribution in [1.29, 1.82) is 0 Å². The summed E-state index contributed by atoms with van der Waals surface area (Å²) in [4.78, 5) is 37.1. The molecule has 4 rings (SSSR count). The van der Waals surface area contributed by atoms with Crippen molar-refractivity contribution in [2.75, 3.05) is 6.54 Å². The number of benzene rings is 1. The van der Waals surface area contributed by atoms with Gasteiger partial charge in [0.15, 0.2) is 0 Å². The Hall–Kier alpha value is -2.83. The van der Waals surface area contributed by atoms with Crippen LogP contribution in [0.25, 0.3) is 0 Å². The summed E-state index contributed by atoms with van der Waals surface area (Å²) < 4.78 is 13.2. The van der Waals surface area contributed by atoms with Gasteiger partial charge in [0.1, 0.15) is 11.6 Å². The molecule has 32 heavy (non-hydrogen) atoms. The fourth-order valence-corrected chi connectivity index (χ4v) is 4.82. The third-order valence-corrected chi connectivity index (χ3v) is 6.53. The number of nitrogens with zero attached hydrogens (tertiary/aromatic N) is 3. The third kappa shape index (κ3) is 5.31. The minimum Gasteiger partial charge on any atom is -0.349 e. The van der Waals surface area contributed by atoms with E-state index in [0.29, 0.717) is 23.6 Å².